The van der Waals surface area contributed by atoms with E-state index in [0.29, 0.717) is 39.2 Å². The Kier molecular flexibility index (Phi) is 5.44. The maximum absolute atomic E-state index is 13.1. The molecule has 0 aliphatic carbocycles. The molecule has 3 rings (SSSR count). The number of benzene rings is 2. The van der Waals surface area contributed by atoms with Gasteiger partial charge in [0.15, 0.2) is 0 Å². The lowest BCUT2D eigenvalue weighted by atomic mass is 10.2. The highest BCUT2D eigenvalue weighted by molar-refractivity contribution is 6.31. The fourth-order valence-electron chi connectivity index (χ4n) is 2.40. The van der Waals surface area contributed by atoms with Gasteiger partial charge in [-0.15, -0.1) is 0 Å². The summed E-state index contributed by atoms with van der Waals surface area (Å²) in [4.78, 5) is 12.5. The number of carbonyl (C=O) groups excluding carboxylic acids is 1. The zero-order valence-electron chi connectivity index (χ0n) is 13.7. The van der Waals surface area contributed by atoms with E-state index in [1.165, 1.54) is 31.5 Å². The summed E-state index contributed by atoms with van der Waals surface area (Å²) in [7, 11) is 1.48. The van der Waals surface area contributed by atoms with Crippen LogP contribution in [0, 0.1) is 5.82 Å². The van der Waals surface area contributed by atoms with E-state index in [0.717, 1.165) is 0 Å². The number of nitrogens with zero attached hydrogens (tertiary/aromatic N) is 2. The first kappa shape index (κ1) is 18.2. The number of amides is 1. The highest BCUT2D eigenvalue weighted by Crippen LogP contribution is 2.24. The van der Waals surface area contributed by atoms with Crippen LogP contribution in [0.5, 0.6) is 5.75 Å². The summed E-state index contributed by atoms with van der Waals surface area (Å²) < 4.78 is 19.9. The predicted molar refractivity (Wildman–Crippen MR) is 98.7 cm³/mol. The lowest BCUT2D eigenvalue weighted by Crippen LogP contribution is -2.12. The van der Waals surface area contributed by atoms with Gasteiger partial charge in [-0.25, -0.2) is 4.39 Å². The number of methoxy groups -OCH3 is 1. The molecule has 0 bridgehead atoms. The fourth-order valence-corrected chi connectivity index (χ4v) is 2.79. The first-order valence-electron chi connectivity index (χ1n) is 7.57. The van der Waals surface area contributed by atoms with Crippen LogP contribution >= 0.6 is 23.2 Å². The van der Waals surface area contributed by atoms with Crippen molar-refractivity contribution in [1.82, 2.24) is 9.78 Å². The van der Waals surface area contributed by atoms with Crippen LogP contribution in [0.25, 0.3) is 0 Å². The van der Waals surface area contributed by atoms with Gasteiger partial charge < -0.3 is 10.1 Å². The number of halogens is 3. The molecule has 0 aliphatic rings. The van der Waals surface area contributed by atoms with Crippen molar-refractivity contribution in [3.05, 3.63) is 75.8 Å². The number of carbonyl (C=O) groups is 1. The number of anilines is 1. The number of ether oxygens (including phenoxy) is 1. The van der Waals surface area contributed by atoms with E-state index in [2.05, 4.69) is 10.4 Å². The van der Waals surface area contributed by atoms with Crippen LogP contribution in [0.4, 0.5) is 10.1 Å². The Bertz CT molecular complexity index is 959. The van der Waals surface area contributed by atoms with Gasteiger partial charge in [0, 0.05) is 16.2 Å². The molecular formula is C18H14Cl2FN3O2. The third kappa shape index (κ3) is 4.15. The van der Waals surface area contributed by atoms with Gasteiger partial charge >= 0.3 is 0 Å². The third-order valence-electron chi connectivity index (χ3n) is 3.64. The predicted octanol–water partition coefficient (Wildman–Crippen LogP) is 4.64. The lowest BCUT2D eigenvalue weighted by molar-refractivity contribution is 0.102. The summed E-state index contributed by atoms with van der Waals surface area (Å²) in [6.07, 6.45) is 3.15. The Hall–Kier alpha value is -2.57. The molecule has 0 saturated heterocycles. The Balaban J connectivity index is 1.74. The van der Waals surface area contributed by atoms with Crippen LogP contribution in [0.15, 0.2) is 48.8 Å². The molecule has 1 amide bonds. The maximum Gasteiger partial charge on any atom is 0.259 e. The zero-order valence-corrected chi connectivity index (χ0v) is 15.2. The lowest BCUT2D eigenvalue weighted by Gasteiger charge is -2.08. The summed E-state index contributed by atoms with van der Waals surface area (Å²) in [5, 5.41) is 7.65. The molecule has 3 aromatic rings. The van der Waals surface area contributed by atoms with Gasteiger partial charge in [0.25, 0.3) is 5.91 Å². The molecular weight excluding hydrogens is 380 g/mol. The largest absolute Gasteiger partial charge is 0.496 e. The highest BCUT2D eigenvalue weighted by atomic mass is 35.5. The van der Waals surface area contributed by atoms with Crippen molar-refractivity contribution in [2.45, 2.75) is 6.54 Å². The van der Waals surface area contributed by atoms with Crippen LogP contribution in [0.1, 0.15) is 15.9 Å². The van der Waals surface area contributed by atoms with Crippen LogP contribution < -0.4 is 10.1 Å². The first-order chi connectivity index (χ1) is 12.5. The average molecular weight is 394 g/mol. The topological polar surface area (TPSA) is 56.1 Å². The van der Waals surface area contributed by atoms with Crippen LogP contribution in [0.3, 0.4) is 0 Å². The Morgan fingerprint density at radius 3 is 2.81 bits per heavy atom. The van der Waals surface area contributed by atoms with Gasteiger partial charge in [-0.05, 0) is 35.9 Å². The highest BCUT2D eigenvalue weighted by Gasteiger charge is 2.14. The second-order valence-electron chi connectivity index (χ2n) is 5.46. The quantitative estimate of drug-likeness (QED) is 0.686. The van der Waals surface area contributed by atoms with Crippen molar-refractivity contribution in [2.75, 3.05) is 12.4 Å². The molecule has 2 aromatic carbocycles. The normalized spacial score (nSPS) is 10.6. The summed E-state index contributed by atoms with van der Waals surface area (Å²) in [6.45, 7) is 0.343. The minimum absolute atomic E-state index is 0.314. The van der Waals surface area contributed by atoms with E-state index in [1.54, 1.807) is 29.1 Å². The standard InChI is InChI=1S/C18H14Cl2FN3O2/c1-26-17-5-3-12(19)6-15(17)18(25)23-14-8-22-24(10-14)9-11-2-4-13(21)7-16(11)20/h2-8,10H,9H2,1H3,(H,23,25). The molecule has 0 aliphatic heterocycles. The Morgan fingerprint density at radius 2 is 2.08 bits per heavy atom. The summed E-state index contributed by atoms with van der Waals surface area (Å²) in [5.41, 5.74) is 1.52. The zero-order chi connectivity index (χ0) is 18.7. The van der Waals surface area contributed by atoms with Crippen molar-refractivity contribution < 1.29 is 13.9 Å². The van der Waals surface area contributed by atoms with E-state index in [1.807, 2.05) is 0 Å². The third-order valence-corrected chi connectivity index (χ3v) is 4.23. The van der Waals surface area contributed by atoms with E-state index in [-0.39, 0.29) is 5.91 Å². The molecule has 5 nitrogen and oxygen atoms in total. The number of hydrogen-bond donors (Lipinski definition) is 1. The van der Waals surface area contributed by atoms with Gasteiger partial charge in [0.05, 0.1) is 31.1 Å². The number of nitrogens with one attached hydrogen (secondary N) is 1. The molecule has 0 saturated carbocycles. The molecule has 0 spiro atoms. The smallest absolute Gasteiger partial charge is 0.259 e. The van der Waals surface area contributed by atoms with E-state index >= 15 is 0 Å². The minimum Gasteiger partial charge on any atom is -0.496 e. The summed E-state index contributed by atoms with van der Waals surface area (Å²) in [5.74, 6) is -0.358. The Labute approximate surface area is 159 Å². The SMILES string of the molecule is COc1ccc(Cl)cc1C(=O)Nc1cnn(Cc2ccc(F)cc2Cl)c1. The monoisotopic (exact) mass is 393 g/mol. The van der Waals surface area contributed by atoms with Gasteiger partial charge in [-0.3, -0.25) is 9.48 Å². The van der Waals surface area contributed by atoms with Crippen molar-refractivity contribution in [3.8, 4) is 5.75 Å². The van der Waals surface area contributed by atoms with Gasteiger partial charge in [0.1, 0.15) is 11.6 Å². The Morgan fingerprint density at radius 1 is 1.27 bits per heavy atom. The van der Waals surface area contributed by atoms with E-state index in [4.69, 9.17) is 27.9 Å². The van der Waals surface area contributed by atoms with Crippen LogP contribution in [-0.2, 0) is 6.54 Å². The van der Waals surface area contributed by atoms with E-state index in [9.17, 15) is 9.18 Å². The van der Waals surface area contributed by atoms with Gasteiger partial charge in [0.2, 0.25) is 0 Å². The molecule has 134 valence electrons. The maximum atomic E-state index is 13.1. The summed E-state index contributed by atoms with van der Waals surface area (Å²) >= 11 is 12.0. The van der Waals surface area contributed by atoms with Crippen LogP contribution in [-0.4, -0.2) is 22.8 Å². The van der Waals surface area contributed by atoms with Crippen molar-refractivity contribution in [2.24, 2.45) is 0 Å². The number of hydrogen-bond acceptors (Lipinski definition) is 3. The van der Waals surface area contributed by atoms with Gasteiger partial charge in [-0.1, -0.05) is 29.3 Å². The van der Waals surface area contributed by atoms with Crippen molar-refractivity contribution >= 4 is 34.8 Å². The molecule has 26 heavy (non-hydrogen) atoms. The van der Waals surface area contributed by atoms with Gasteiger partial charge in [-0.2, -0.15) is 5.10 Å². The molecule has 1 aromatic heterocycles. The van der Waals surface area contributed by atoms with Crippen LogP contribution in [0.2, 0.25) is 10.0 Å². The van der Waals surface area contributed by atoms with E-state index < -0.39 is 5.82 Å². The van der Waals surface area contributed by atoms with Crippen molar-refractivity contribution in [3.63, 3.8) is 0 Å². The average Bonchev–Trinajstić information content (AvgIpc) is 3.04. The molecule has 0 unspecified atom stereocenters. The second-order valence-corrected chi connectivity index (χ2v) is 6.30. The number of rotatable bonds is 5. The second kappa shape index (κ2) is 7.76. The molecule has 1 heterocycles. The molecule has 0 atom stereocenters. The van der Waals surface area contributed by atoms with Crippen molar-refractivity contribution in [1.29, 1.82) is 0 Å². The number of aromatic nitrogens is 2. The minimum atomic E-state index is -0.400. The fraction of sp³-hybridized carbons (Fsp3) is 0.111. The molecule has 8 heteroatoms. The molecule has 0 radical (unpaired) electrons. The first-order valence-corrected chi connectivity index (χ1v) is 8.33. The summed E-state index contributed by atoms with van der Waals surface area (Å²) in [6, 6.07) is 8.96. The molecule has 0 fully saturated rings. The molecule has 1 N–H and O–H groups in total.